The van der Waals surface area contributed by atoms with Crippen molar-refractivity contribution in [1.82, 2.24) is 5.32 Å². The van der Waals surface area contributed by atoms with Crippen molar-refractivity contribution in [3.05, 3.63) is 90.0 Å². The molecule has 3 aromatic carbocycles. The number of benzene rings is 3. The van der Waals surface area contributed by atoms with Gasteiger partial charge in [0.15, 0.2) is 9.84 Å². The highest BCUT2D eigenvalue weighted by molar-refractivity contribution is 7.90. The molecule has 3 N–H and O–H groups in total. The van der Waals surface area contributed by atoms with Crippen LogP contribution in [0.4, 0.5) is 11.4 Å². The van der Waals surface area contributed by atoms with E-state index in [0.717, 1.165) is 11.8 Å². The molecular formula is C24H25N3O4S. The van der Waals surface area contributed by atoms with E-state index >= 15 is 0 Å². The van der Waals surface area contributed by atoms with E-state index in [-0.39, 0.29) is 23.0 Å². The molecule has 0 aromatic heterocycles. The maximum atomic E-state index is 12.6. The number of carbonyl (C=O) groups excluding carboxylic acids is 2. The summed E-state index contributed by atoms with van der Waals surface area (Å²) in [5.41, 5.74) is 2.28. The second-order valence-corrected chi connectivity index (χ2v) is 9.19. The van der Waals surface area contributed by atoms with E-state index in [0.29, 0.717) is 24.2 Å². The number of hydrogen-bond donors (Lipinski definition) is 3. The van der Waals surface area contributed by atoms with Gasteiger partial charge < -0.3 is 16.0 Å². The van der Waals surface area contributed by atoms with Gasteiger partial charge in [0.25, 0.3) is 5.91 Å². The SMILES string of the molecule is CS(=O)(=O)c1ccccc1NC(=O)CNc1ccccc1C(=O)NCCc1ccccc1. The highest BCUT2D eigenvalue weighted by Gasteiger charge is 2.15. The lowest BCUT2D eigenvalue weighted by atomic mass is 10.1. The molecule has 3 aromatic rings. The fourth-order valence-corrected chi connectivity index (χ4v) is 4.00. The Balaban J connectivity index is 1.59. The van der Waals surface area contributed by atoms with E-state index in [1.165, 1.54) is 12.1 Å². The van der Waals surface area contributed by atoms with Crippen LogP contribution < -0.4 is 16.0 Å². The molecule has 0 saturated heterocycles. The van der Waals surface area contributed by atoms with Gasteiger partial charge in [0.1, 0.15) is 0 Å². The van der Waals surface area contributed by atoms with Gasteiger partial charge in [0, 0.05) is 18.5 Å². The lowest BCUT2D eigenvalue weighted by Gasteiger charge is -2.13. The van der Waals surface area contributed by atoms with Gasteiger partial charge in [-0.2, -0.15) is 0 Å². The van der Waals surface area contributed by atoms with Crippen LogP contribution in [0.3, 0.4) is 0 Å². The maximum Gasteiger partial charge on any atom is 0.253 e. The molecule has 0 fully saturated rings. The zero-order valence-electron chi connectivity index (χ0n) is 17.7. The fraction of sp³-hybridized carbons (Fsp3) is 0.167. The quantitative estimate of drug-likeness (QED) is 0.464. The molecule has 166 valence electrons. The molecule has 0 bridgehead atoms. The molecule has 2 amide bonds. The number of carbonyl (C=O) groups is 2. The molecule has 0 aliphatic heterocycles. The summed E-state index contributed by atoms with van der Waals surface area (Å²) in [6.07, 6.45) is 1.80. The minimum Gasteiger partial charge on any atom is -0.376 e. The standard InChI is InChI=1S/C24H25N3O4S/c1-32(30,31)22-14-8-7-13-21(22)27-23(28)17-26-20-12-6-5-11-19(20)24(29)25-16-15-18-9-3-2-4-10-18/h2-14,26H,15-17H2,1H3,(H,25,29)(H,27,28). The summed E-state index contributed by atoms with van der Waals surface area (Å²) < 4.78 is 23.8. The summed E-state index contributed by atoms with van der Waals surface area (Å²) in [6.45, 7) is 0.354. The third-order valence-corrected chi connectivity index (χ3v) is 5.87. The van der Waals surface area contributed by atoms with Gasteiger partial charge in [0.05, 0.1) is 22.7 Å². The predicted molar refractivity (Wildman–Crippen MR) is 126 cm³/mol. The molecule has 32 heavy (non-hydrogen) atoms. The van der Waals surface area contributed by atoms with Crippen LogP contribution in [-0.2, 0) is 21.1 Å². The van der Waals surface area contributed by atoms with Gasteiger partial charge in [-0.25, -0.2) is 8.42 Å². The van der Waals surface area contributed by atoms with Crippen LogP contribution in [0, 0.1) is 0 Å². The molecule has 0 radical (unpaired) electrons. The average molecular weight is 452 g/mol. The summed E-state index contributed by atoms with van der Waals surface area (Å²) >= 11 is 0. The number of hydrogen-bond acceptors (Lipinski definition) is 5. The molecule has 0 spiro atoms. The Hall–Kier alpha value is -3.65. The molecule has 0 aliphatic carbocycles. The third-order valence-electron chi connectivity index (χ3n) is 4.71. The van der Waals surface area contributed by atoms with E-state index in [1.54, 1.807) is 36.4 Å². The Morgan fingerprint density at radius 3 is 2.16 bits per heavy atom. The molecule has 3 rings (SSSR count). The van der Waals surface area contributed by atoms with Crippen molar-refractivity contribution in [3.8, 4) is 0 Å². The van der Waals surface area contributed by atoms with Gasteiger partial charge in [-0.05, 0) is 36.2 Å². The molecule has 0 heterocycles. The number of anilines is 2. The molecule has 8 heteroatoms. The monoisotopic (exact) mass is 451 g/mol. The molecular weight excluding hydrogens is 426 g/mol. The van der Waals surface area contributed by atoms with Crippen LogP contribution in [0.5, 0.6) is 0 Å². The summed E-state index contributed by atoms with van der Waals surface area (Å²) in [6, 6.07) is 23.0. The Kier molecular flexibility index (Phi) is 7.62. The first-order valence-electron chi connectivity index (χ1n) is 10.1. The summed E-state index contributed by atoms with van der Waals surface area (Å²) in [4.78, 5) is 25.1. The summed E-state index contributed by atoms with van der Waals surface area (Å²) in [5, 5.41) is 8.46. The normalized spacial score (nSPS) is 10.9. The minimum atomic E-state index is -3.48. The van der Waals surface area contributed by atoms with Crippen LogP contribution in [0.1, 0.15) is 15.9 Å². The van der Waals surface area contributed by atoms with E-state index in [9.17, 15) is 18.0 Å². The molecule has 0 aliphatic rings. The van der Waals surface area contributed by atoms with E-state index in [1.807, 2.05) is 30.3 Å². The predicted octanol–water partition coefficient (Wildman–Crippen LogP) is 3.11. The highest BCUT2D eigenvalue weighted by Crippen LogP contribution is 2.20. The third kappa shape index (κ3) is 6.42. The van der Waals surface area contributed by atoms with Crippen LogP contribution in [0.2, 0.25) is 0 Å². The second kappa shape index (κ2) is 10.6. The van der Waals surface area contributed by atoms with Crippen molar-refractivity contribution in [2.45, 2.75) is 11.3 Å². The fourth-order valence-electron chi connectivity index (χ4n) is 3.16. The lowest BCUT2D eigenvalue weighted by molar-refractivity contribution is -0.114. The van der Waals surface area contributed by atoms with E-state index < -0.39 is 15.7 Å². The Bertz CT molecular complexity index is 1190. The lowest BCUT2D eigenvalue weighted by Crippen LogP contribution is -2.28. The largest absolute Gasteiger partial charge is 0.376 e. The van der Waals surface area contributed by atoms with Crippen LogP contribution >= 0.6 is 0 Å². The van der Waals surface area contributed by atoms with Gasteiger partial charge in [-0.3, -0.25) is 9.59 Å². The maximum absolute atomic E-state index is 12.6. The Morgan fingerprint density at radius 2 is 1.44 bits per heavy atom. The van der Waals surface area contributed by atoms with Crippen LogP contribution in [0.15, 0.2) is 83.8 Å². The number of para-hydroxylation sites is 2. The number of sulfone groups is 1. The van der Waals surface area contributed by atoms with Crippen molar-refractivity contribution in [1.29, 1.82) is 0 Å². The zero-order valence-corrected chi connectivity index (χ0v) is 18.5. The van der Waals surface area contributed by atoms with Crippen molar-refractivity contribution >= 4 is 33.0 Å². The van der Waals surface area contributed by atoms with Gasteiger partial charge in [-0.1, -0.05) is 54.6 Å². The molecule has 7 nitrogen and oxygen atoms in total. The van der Waals surface area contributed by atoms with Crippen molar-refractivity contribution in [3.63, 3.8) is 0 Å². The van der Waals surface area contributed by atoms with Crippen molar-refractivity contribution < 1.29 is 18.0 Å². The zero-order chi connectivity index (χ0) is 23.0. The van der Waals surface area contributed by atoms with Crippen molar-refractivity contribution in [2.24, 2.45) is 0 Å². The topological polar surface area (TPSA) is 104 Å². The van der Waals surface area contributed by atoms with Gasteiger partial charge >= 0.3 is 0 Å². The first-order chi connectivity index (χ1) is 15.3. The molecule has 0 atom stereocenters. The smallest absolute Gasteiger partial charge is 0.253 e. The first kappa shape index (κ1) is 23.0. The Labute approximate surface area is 187 Å². The van der Waals surface area contributed by atoms with Gasteiger partial charge in [-0.15, -0.1) is 0 Å². The highest BCUT2D eigenvalue weighted by atomic mass is 32.2. The summed E-state index contributed by atoms with van der Waals surface area (Å²) in [5.74, 6) is -0.674. The van der Waals surface area contributed by atoms with E-state index in [4.69, 9.17) is 0 Å². The summed E-state index contributed by atoms with van der Waals surface area (Å²) in [7, 11) is -3.48. The van der Waals surface area contributed by atoms with Crippen molar-refractivity contribution in [2.75, 3.05) is 30.0 Å². The molecule has 0 unspecified atom stereocenters. The minimum absolute atomic E-state index is 0.0477. The number of nitrogens with one attached hydrogen (secondary N) is 3. The number of amides is 2. The first-order valence-corrected chi connectivity index (χ1v) is 12.0. The number of rotatable bonds is 9. The average Bonchev–Trinajstić information content (AvgIpc) is 2.78. The molecule has 0 saturated carbocycles. The van der Waals surface area contributed by atoms with E-state index in [2.05, 4.69) is 16.0 Å². The second-order valence-electron chi connectivity index (χ2n) is 7.21. The van der Waals surface area contributed by atoms with Crippen LogP contribution in [-0.4, -0.2) is 39.6 Å². The Morgan fingerprint density at radius 1 is 0.812 bits per heavy atom. The van der Waals surface area contributed by atoms with Crippen LogP contribution in [0.25, 0.3) is 0 Å². The van der Waals surface area contributed by atoms with Gasteiger partial charge in [0.2, 0.25) is 5.91 Å².